The van der Waals surface area contributed by atoms with Gasteiger partial charge in [0.1, 0.15) is 0 Å². The van der Waals surface area contributed by atoms with E-state index >= 15 is 0 Å². The molecule has 1 aliphatic carbocycles. The fourth-order valence-electron chi connectivity index (χ4n) is 2.37. The molecule has 0 saturated heterocycles. The molecule has 4 nitrogen and oxygen atoms in total. The van der Waals surface area contributed by atoms with Gasteiger partial charge in [0.2, 0.25) is 11.8 Å². The summed E-state index contributed by atoms with van der Waals surface area (Å²) in [6.07, 6.45) is 4.84. The third kappa shape index (κ3) is 1.90. The van der Waals surface area contributed by atoms with E-state index in [0.29, 0.717) is 17.5 Å². The van der Waals surface area contributed by atoms with Crippen LogP contribution in [0.2, 0.25) is 0 Å². The lowest BCUT2D eigenvalue weighted by molar-refractivity contribution is 0.457. The Morgan fingerprint density at radius 1 is 1.12 bits per heavy atom. The van der Waals surface area contributed by atoms with Gasteiger partial charge in [0.25, 0.3) is 0 Å². The number of benzene rings is 1. The zero-order valence-electron chi connectivity index (χ0n) is 9.60. The minimum Gasteiger partial charge on any atom is -0.420 e. The topological polar surface area (TPSA) is 64.9 Å². The highest BCUT2D eigenvalue weighted by Crippen LogP contribution is 2.35. The molecule has 0 unspecified atom stereocenters. The Morgan fingerprint density at radius 3 is 2.65 bits per heavy atom. The molecule has 2 aromatic rings. The number of hydrogen-bond acceptors (Lipinski definition) is 4. The van der Waals surface area contributed by atoms with E-state index in [1.165, 1.54) is 12.8 Å². The third-order valence-corrected chi connectivity index (χ3v) is 3.34. The van der Waals surface area contributed by atoms with Gasteiger partial charge in [-0.1, -0.05) is 25.0 Å². The molecule has 1 saturated carbocycles. The number of nitrogens with zero attached hydrogens (tertiary/aromatic N) is 2. The normalized spacial score (nSPS) is 16.5. The maximum atomic E-state index is 5.89. The van der Waals surface area contributed by atoms with Crippen LogP contribution in [-0.4, -0.2) is 10.2 Å². The van der Waals surface area contributed by atoms with Crippen molar-refractivity contribution in [1.82, 2.24) is 10.2 Å². The second-order valence-electron chi connectivity index (χ2n) is 4.51. The number of aromatic nitrogens is 2. The first kappa shape index (κ1) is 10.3. The molecule has 1 fully saturated rings. The molecular weight excluding hydrogens is 214 g/mol. The number of hydrogen-bond donors (Lipinski definition) is 1. The van der Waals surface area contributed by atoms with Crippen LogP contribution < -0.4 is 5.73 Å². The molecule has 0 amide bonds. The first-order valence-corrected chi connectivity index (χ1v) is 6.03. The Labute approximate surface area is 99.8 Å². The predicted molar refractivity (Wildman–Crippen MR) is 65.4 cm³/mol. The van der Waals surface area contributed by atoms with Crippen molar-refractivity contribution in [2.45, 2.75) is 31.6 Å². The lowest BCUT2D eigenvalue weighted by Crippen LogP contribution is -1.91. The SMILES string of the molecule is Nc1ccccc1-c1nnc(C2CCCC2)o1. The lowest BCUT2D eigenvalue weighted by Gasteiger charge is -2.01. The van der Waals surface area contributed by atoms with Gasteiger partial charge in [0.15, 0.2) is 0 Å². The number of nitrogens with two attached hydrogens (primary N) is 1. The van der Waals surface area contributed by atoms with Crippen molar-refractivity contribution in [3.05, 3.63) is 30.2 Å². The van der Waals surface area contributed by atoms with Gasteiger partial charge >= 0.3 is 0 Å². The second-order valence-corrected chi connectivity index (χ2v) is 4.51. The van der Waals surface area contributed by atoms with Crippen LogP contribution in [0.4, 0.5) is 5.69 Å². The number of anilines is 1. The molecular formula is C13H15N3O. The summed E-state index contributed by atoms with van der Waals surface area (Å²) >= 11 is 0. The summed E-state index contributed by atoms with van der Waals surface area (Å²) in [6, 6.07) is 7.56. The molecule has 3 rings (SSSR count). The summed E-state index contributed by atoms with van der Waals surface area (Å²) < 4.78 is 5.73. The smallest absolute Gasteiger partial charge is 0.249 e. The van der Waals surface area contributed by atoms with Crippen LogP contribution in [0, 0.1) is 0 Å². The van der Waals surface area contributed by atoms with Crippen molar-refractivity contribution in [2.75, 3.05) is 5.73 Å². The molecule has 17 heavy (non-hydrogen) atoms. The number of para-hydroxylation sites is 1. The molecule has 0 aliphatic heterocycles. The summed E-state index contributed by atoms with van der Waals surface area (Å²) in [5.41, 5.74) is 7.39. The summed E-state index contributed by atoms with van der Waals surface area (Å²) in [5.74, 6) is 1.74. The van der Waals surface area contributed by atoms with Crippen molar-refractivity contribution in [3.8, 4) is 11.5 Å². The number of rotatable bonds is 2. The molecule has 2 N–H and O–H groups in total. The zero-order valence-corrected chi connectivity index (χ0v) is 9.60. The average Bonchev–Trinajstić information content (AvgIpc) is 3.00. The molecule has 0 spiro atoms. The van der Waals surface area contributed by atoms with Gasteiger partial charge in [-0.25, -0.2) is 0 Å². The summed E-state index contributed by atoms with van der Waals surface area (Å²) in [7, 11) is 0. The minimum atomic E-state index is 0.446. The Morgan fingerprint density at radius 2 is 1.88 bits per heavy atom. The molecule has 0 radical (unpaired) electrons. The second kappa shape index (κ2) is 4.20. The van der Waals surface area contributed by atoms with E-state index in [2.05, 4.69) is 10.2 Å². The van der Waals surface area contributed by atoms with Crippen LogP contribution >= 0.6 is 0 Å². The average molecular weight is 229 g/mol. The van der Waals surface area contributed by atoms with Gasteiger partial charge in [-0.15, -0.1) is 10.2 Å². The first-order valence-electron chi connectivity index (χ1n) is 6.03. The highest BCUT2D eigenvalue weighted by Gasteiger charge is 2.23. The van der Waals surface area contributed by atoms with Crippen LogP contribution in [0.5, 0.6) is 0 Å². The fraction of sp³-hybridized carbons (Fsp3) is 0.385. The Balaban J connectivity index is 1.92. The molecule has 1 aromatic carbocycles. The van der Waals surface area contributed by atoms with Gasteiger partial charge in [0.05, 0.1) is 5.56 Å². The van der Waals surface area contributed by atoms with Crippen molar-refractivity contribution in [2.24, 2.45) is 0 Å². The van der Waals surface area contributed by atoms with E-state index < -0.39 is 0 Å². The fourth-order valence-corrected chi connectivity index (χ4v) is 2.37. The molecule has 0 atom stereocenters. The largest absolute Gasteiger partial charge is 0.420 e. The van der Waals surface area contributed by atoms with Crippen LogP contribution in [0.25, 0.3) is 11.5 Å². The van der Waals surface area contributed by atoms with E-state index in [0.717, 1.165) is 24.3 Å². The van der Waals surface area contributed by atoms with E-state index in [1.54, 1.807) is 0 Å². The van der Waals surface area contributed by atoms with Gasteiger partial charge in [-0.05, 0) is 25.0 Å². The molecule has 88 valence electrons. The van der Waals surface area contributed by atoms with Gasteiger partial charge in [0, 0.05) is 11.6 Å². The maximum Gasteiger partial charge on any atom is 0.249 e. The summed E-state index contributed by atoms with van der Waals surface area (Å²) in [6.45, 7) is 0. The standard InChI is InChI=1S/C13H15N3O/c14-11-8-4-3-7-10(11)13-16-15-12(17-13)9-5-1-2-6-9/h3-4,7-9H,1-2,5-6,14H2. The first-order chi connectivity index (χ1) is 8.34. The van der Waals surface area contributed by atoms with Crippen LogP contribution in [0.1, 0.15) is 37.5 Å². The highest BCUT2D eigenvalue weighted by molar-refractivity contribution is 5.69. The van der Waals surface area contributed by atoms with Crippen molar-refractivity contribution >= 4 is 5.69 Å². The van der Waals surface area contributed by atoms with E-state index in [-0.39, 0.29) is 0 Å². The lowest BCUT2D eigenvalue weighted by atomic mass is 10.1. The Kier molecular flexibility index (Phi) is 2.55. The minimum absolute atomic E-state index is 0.446. The van der Waals surface area contributed by atoms with Crippen molar-refractivity contribution in [3.63, 3.8) is 0 Å². The van der Waals surface area contributed by atoms with Crippen LogP contribution in [0.3, 0.4) is 0 Å². The third-order valence-electron chi connectivity index (χ3n) is 3.34. The monoisotopic (exact) mass is 229 g/mol. The molecule has 0 bridgehead atoms. The van der Waals surface area contributed by atoms with Gasteiger partial charge < -0.3 is 10.2 Å². The van der Waals surface area contributed by atoms with E-state index in [1.807, 2.05) is 24.3 Å². The van der Waals surface area contributed by atoms with E-state index in [9.17, 15) is 0 Å². The van der Waals surface area contributed by atoms with Crippen molar-refractivity contribution < 1.29 is 4.42 Å². The quantitative estimate of drug-likeness (QED) is 0.804. The van der Waals surface area contributed by atoms with Crippen molar-refractivity contribution in [1.29, 1.82) is 0 Å². The van der Waals surface area contributed by atoms with Crippen LogP contribution in [0.15, 0.2) is 28.7 Å². The predicted octanol–water partition coefficient (Wildman–Crippen LogP) is 2.98. The summed E-state index contributed by atoms with van der Waals surface area (Å²) in [5, 5.41) is 8.24. The summed E-state index contributed by atoms with van der Waals surface area (Å²) in [4.78, 5) is 0. The van der Waals surface area contributed by atoms with E-state index in [4.69, 9.17) is 10.2 Å². The molecule has 4 heteroatoms. The van der Waals surface area contributed by atoms with Crippen LogP contribution in [-0.2, 0) is 0 Å². The zero-order chi connectivity index (χ0) is 11.7. The highest BCUT2D eigenvalue weighted by atomic mass is 16.4. The van der Waals surface area contributed by atoms with Gasteiger partial charge in [-0.2, -0.15) is 0 Å². The molecule has 1 heterocycles. The Hall–Kier alpha value is -1.84. The van der Waals surface area contributed by atoms with Gasteiger partial charge in [-0.3, -0.25) is 0 Å². The molecule has 1 aliphatic rings. The Bertz CT molecular complexity index is 515. The maximum absolute atomic E-state index is 5.89. The molecule has 1 aromatic heterocycles. The number of nitrogen functional groups attached to an aromatic ring is 1.